The summed E-state index contributed by atoms with van der Waals surface area (Å²) in [6.07, 6.45) is 0. The Balaban J connectivity index is 2.44. The van der Waals surface area contributed by atoms with E-state index in [-0.39, 0.29) is 15.5 Å². The average Bonchev–Trinajstić information content (AvgIpc) is 2.39. The molecular weight excluding hydrogens is 286 g/mol. The minimum Gasteiger partial charge on any atom is -0.258 e. The van der Waals surface area contributed by atoms with E-state index in [1.165, 1.54) is 36.4 Å². The maximum absolute atomic E-state index is 12.2. The van der Waals surface area contributed by atoms with E-state index in [1.54, 1.807) is 12.1 Å². The number of thiol groups is 1. The molecule has 0 atom stereocenters. The van der Waals surface area contributed by atoms with Gasteiger partial charge in [-0.25, -0.2) is 8.42 Å². The fraction of sp³-hybridized carbons (Fsp3) is 0. The summed E-state index contributed by atoms with van der Waals surface area (Å²) in [6.45, 7) is 0. The van der Waals surface area contributed by atoms with Crippen molar-refractivity contribution in [2.45, 2.75) is 14.7 Å². The van der Waals surface area contributed by atoms with E-state index >= 15 is 0 Å². The van der Waals surface area contributed by atoms with Crippen LogP contribution < -0.4 is 0 Å². The van der Waals surface area contributed by atoms with E-state index in [4.69, 9.17) is 0 Å². The number of nitro groups is 1. The van der Waals surface area contributed by atoms with Crippen LogP contribution in [0.3, 0.4) is 0 Å². The van der Waals surface area contributed by atoms with E-state index < -0.39 is 14.8 Å². The third-order valence-electron chi connectivity index (χ3n) is 2.50. The maximum atomic E-state index is 12.2. The third-order valence-corrected chi connectivity index (χ3v) is 4.59. The number of benzene rings is 2. The van der Waals surface area contributed by atoms with Crippen LogP contribution in [0.2, 0.25) is 0 Å². The zero-order valence-electron chi connectivity index (χ0n) is 9.55. The Morgan fingerprint density at radius 2 is 1.32 bits per heavy atom. The van der Waals surface area contributed by atoms with Crippen molar-refractivity contribution in [1.82, 2.24) is 0 Å². The SMILES string of the molecule is O=[N+]([O-])c1ccc(S(=O)(=O)c2ccc(S)cc2)cc1. The van der Waals surface area contributed by atoms with Crippen molar-refractivity contribution in [1.29, 1.82) is 0 Å². The summed E-state index contributed by atoms with van der Waals surface area (Å²) < 4.78 is 24.5. The Morgan fingerprint density at radius 3 is 1.74 bits per heavy atom. The van der Waals surface area contributed by atoms with Gasteiger partial charge < -0.3 is 0 Å². The second-order valence-electron chi connectivity index (χ2n) is 3.75. The van der Waals surface area contributed by atoms with Crippen LogP contribution in [-0.4, -0.2) is 13.3 Å². The first-order valence-electron chi connectivity index (χ1n) is 5.20. The molecule has 0 unspecified atom stereocenters. The first-order chi connectivity index (χ1) is 8.91. The lowest BCUT2D eigenvalue weighted by Gasteiger charge is -2.04. The second-order valence-corrected chi connectivity index (χ2v) is 6.21. The summed E-state index contributed by atoms with van der Waals surface area (Å²) in [6, 6.07) is 10.8. The quantitative estimate of drug-likeness (QED) is 0.536. The molecule has 0 aliphatic carbocycles. The molecule has 2 rings (SSSR count). The van der Waals surface area contributed by atoms with Gasteiger partial charge in [0.1, 0.15) is 0 Å². The zero-order valence-corrected chi connectivity index (χ0v) is 11.3. The third kappa shape index (κ3) is 2.77. The lowest BCUT2D eigenvalue weighted by atomic mass is 10.3. The Labute approximate surface area is 115 Å². The Morgan fingerprint density at radius 1 is 0.895 bits per heavy atom. The molecule has 0 aliphatic rings. The van der Waals surface area contributed by atoms with Gasteiger partial charge in [-0.15, -0.1) is 12.6 Å². The van der Waals surface area contributed by atoms with Gasteiger partial charge in [0, 0.05) is 17.0 Å². The average molecular weight is 295 g/mol. The van der Waals surface area contributed by atoms with Gasteiger partial charge in [-0.3, -0.25) is 10.1 Å². The van der Waals surface area contributed by atoms with E-state index in [1.807, 2.05) is 0 Å². The van der Waals surface area contributed by atoms with Crippen molar-refractivity contribution in [2.75, 3.05) is 0 Å². The molecule has 0 saturated carbocycles. The minimum absolute atomic E-state index is 0.0185. The summed E-state index contributed by atoms with van der Waals surface area (Å²) in [7, 11) is -3.65. The summed E-state index contributed by atoms with van der Waals surface area (Å²) in [5.74, 6) is 0. The van der Waals surface area contributed by atoms with Crippen molar-refractivity contribution in [2.24, 2.45) is 0 Å². The van der Waals surface area contributed by atoms with Gasteiger partial charge in [0.05, 0.1) is 14.7 Å². The van der Waals surface area contributed by atoms with Crippen LogP contribution in [0.1, 0.15) is 0 Å². The standard InChI is InChI=1S/C12H9NO4S2/c14-13(15)9-1-5-11(6-2-9)19(16,17)12-7-3-10(18)4-8-12/h1-8,18H. The van der Waals surface area contributed by atoms with Gasteiger partial charge >= 0.3 is 0 Å². The number of hydrogen-bond donors (Lipinski definition) is 1. The van der Waals surface area contributed by atoms with E-state index in [9.17, 15) is 18.5 Å². The number of rotatable bonds is 3. The molecule has 0 N–H and O–H groups in total. The molecule has 2 aromatic rings. The predicted octanol–water partition coefficient (Wildman–Crippen LogP) is 2.72. The van der Waals surface area contributed by atoms with Crippen LogP contribution in [0.15, 0.2) is 63.2 Å². The number of non-ortho nitro benzene ring substituents is 1. The predicted molar refractivity (Wildman–Crippen MR) is 72.2 cm³/mol. The number of sulfone groups is 1. The monoisotopic (exact) mass is 295 g/mol. The summed E-state index contributed by atoms with van der Waals surface area (Å²) in [5.41, 5.74) is -0.148. The van der Waals surface area contributed by atoms with Gasteiger partial charge in [0.15, 0.2) is 0 Å². The highest BCUT2D eigenvalue weighted by atomic mass is 32.2. The normalized spacial score (nSPS) is 11.2. The molecule has 0 spiro atoms. The highest BCUT2D eigenvalue weighted by Crippen LogP contribution is 2.23. The smallest absolute Gasteiger partial charge is 0.258 e. The van der Waals surface area contributed by atoms with E-state index in [0.29, 0.717) is 4.90 Å². The number of nitro benzene ring substituents is 1. The van der Waals surface area contributed by atoms with E-state index in [0.717, 1.165) is 0 Å². The number of nitrogens with zero attached hydrogens (tertiary/aromatic N) is 1. The fourth-order valence-electron chi connectivity index (χ4n) is 1.51. The molecule has 0 amide bonds. The van der Waals surface area contributed by atoms with Gasteiger partial charge in [-0.05, 0) is 36.4 Å². The summed E-state index contributed by atoms with van der Waals surface area (Å²) >= 11 is 4.08. The zero-order chi connectivity index (χ0) is 14.0. The fourth-order valence-corrected chi connectivity index (χ4v) is 2.92. The molecule has 5 nitrogen and oxygen atoms in total. The van der Waals surface area contributed by atoms with Crippen molar-refractivity contribution in [3.63, 3.8) is 0 Å². The van der Waals surface area contributed by atoms with Crippen LogP contribution in [0.4, 0.5) is 5.69 Å². The van der Waals surface area contributed by atoms with Crippen molar-refractivity contribution >= 4 is 28.2 Å². The van der Waals surface area contributed by atoms with Crippen LogP contribution in [-0.2, 0) is 9.84 Å². The lowest BCUT2D eigenvalue weighted by molar-refractivity contribution is -0.384. The van der Waals surface area contributed by atoms with Crippen LogP contribution in [0, 0.1) is 10.1 Å². The molecule has 0 radical (unpaired) electrons. The topological polar surface area (TPSA) is 77.3 Å². The van der Waals surface area contributed by atoms with Gasteiger partial charge in [0.2, 0.25) is 9.84 Å². The van der Waals surface area contributed by atoms with Crippen LogP contribution >= 0.6 is 12.6 Å². The van der Waals surface area contributed by atoms with Gasteiger partial charge in [-0.1, -0.05) is 0 Å². The first kappa shape index (κ1) is 13.6. The molecule has 0 saturated heterocycles. The van der Waals surface area contributed by atoms with Gasteiger partial charge in [0.25, 0.3) is 5.69 Å². The molecule has 0 bridgehead atoms. The van der Waals surface area contributed by atoms with Crippen molar-refractivity contribution in [3.8, 4) is 0 Å². The highest BCUT2D eigenvalue weighted by Gasteiger charge is 2.18. The molecule has 7 heteroatoms. The molecule has 0 fully saturated rings. The van der Waals surface area contributed by atoms with Crippen molar-refractivity contribution in [3.05, 3.63) is 58.6 Å². The van der Waals surface area contributed by atoms with Crippen LogP contribution in [0.5, 0.6) is 0 Å². The van der Waals surface area contributed by atoms with Gasteiger partial charge in [-0.2, -0.15) is 0 Å². The van der Waals surface area contributed by atoms with Crippen molar-refractivity contribution < 1.29 is 13.3 Å². The Kier molecular flexibility index (Phi) is 3.59. The summed E-state index contributed by atoms with van der Waals surface area (Å²) in [4.78, 5) is 10.7. The lowest BCUT2D eigenvalue weighted by Crippen LogP contribution is -2.02. The summed E-state index contributed by atoms with van der Waals surface area (Å²) in [5, 5.41) is 10.5. The van der Waals surface area contributed by atoms with Crippen LogP contribution in [0.25, 0.3) is 0 Å². The van der Waals surface area contributed by atoms with E-state index in [2.05, 4.69) is 12.6 Å². The molecule has 98 valence electrons. The number of hydrogen-bond acceptors (Lipinski definition) is 5. The Hall–Kier alpha value is -1.86. The largest absolute Gasteiger partial charge is 0.269 e. The molecule has 2 aromatic carbocycles. The minimum atomic E-state index is -3.65. The second kappa shape index (κ2) is 5.02. The Bertz CT molecular complexity index is 706. The molecule has 0 aliphatic heterocycles. The molecule has 19 heavy (non-hydrogen) atoms. The molecule has 0 heterocycles. The molecule has 0 aromatic heterocycles. The first-order valence-corrected chi connectivity index (χ1v) is 7.13. The molecular formula is C12H9NO4S2. The highest BCUT2D eigenvalue weighted by molar-refractivity contribution is 7.91. The maximum Gasteiger partial charge on any atom is 0.269 e.